The third-order valence-corrected chi connectivity index (χ3v) is 10.6. The number of rotatable bonds is 3. The molecule has 202 valence electrons. The highest BCUT2D eigenvalue weighted by atomic mass is 32.2. The summed E-state index contributed by atoms with van der Waals surface area (Å²) in [4.78, 5) is 1.26. The molecule has 1 atom stereocenters. The van der Waals surface area contributed by atoms with Gasteiger partial charge in [0.05, 0.1) is 0 Å². The van der Waals surface area contributed by atoms with E-state index >= 15 is 0 Å². The van der Waals surface area contributed by atoms with Gasteiger partial charge in [0, 0.05) is 32.4 Å². The molecule has 1 heterocycles. The second-order valence-electron chi connectivity index (χ2n) is 11.8. The van der Waals surface area contributed by atoms with Crippen molar-refractivity contribution in [1.29, 1.82) is 0 Å². The van der Waals surface area contributed by atoms with Crippen LogP contribution in [0.3, 0.4) is 0 Å². The fourth-order valence-corrected chi connectivity index (χ4v) is 8.38. The van der Waals surface area contributed by atoms with Gasteiger partial charge >= 0.3 is 0 Å². The molecule has 0 N–H and O–H groups in total. The van der Waals surface area contributed by atoms with E-state index in [0.717, 1.165) is 16.9 Å². The van der Waals surface area contributed by atoms with E-state index in [-0.39, 0.29) is 5.41 Å². The summed E-state index contributed by atoms with van der Waals surface area (Å²) in [5.41, 5.74) is 8.80. The fourth-order valence-electron chi connectivity index (χ4n) is 7.97. The number of hydrogen-bond acceptors (Lipinski definition) is 2. The fraction of sp³-hybridized carbons (Fsp3) is 0.231. The number of fused-ring (bicyclic) bond motifs is 10. The molecule has 1 unspecified atom stereocenters. The van der Waals surface area contributed by atoms with Crippen molar-refractivity contribution < 1.29 is 4.74 Å². The first-order valence-corrected chi connectivity index (χ1v) is 16.2. The predicted molar refractivity (Wildman–Crippen MR) is 173 cm³/mol. The Bertz CT molecular complexity index is 1790. The van der Waals surface area contributed by atoms with Crippen LogP contribution in [0, 0.1) is 0 Å². The maximum absolute atomic E-state index is 7.47. The van der Waals surface area contributed by atoms with E-state index in [9.17, 15) is 0 Å². The van der Waals surface area contributed by atoms with Crippen LogP contribution in [0.1, 0.15) is 66.3 Å². The molecule has 0 saturated heterocycles. The van der Waals surface area contributed by atoms with Crippen LogP contribution < -0.4 is 4.74 Å². The van der Waals surface area contributed by atoms with Gasteiger partial charge in [-0.2, -0.15) is 0 Å². The first kappa shape index (κ1) is 25.0. The number of hydrogen-bond donors (Lipinski definition) is 0. The molecule has 1 aliphatic heterocycles. The van der Waals surface area contributed by atoms with Crippen molar-refractivity contribution in [2.24, 2.45) is 0 Å². The Balaban J connectivity index is 1.44. The number of ether oxygens (including phenoxy) is 1. The van der Waals surface area contributed by atoms with Gasteiger partial charge in [0.1, 0.15) is 5.75 Å². The minimum absolute atomic E-state index is 0.0387. The van der Waals surface area contributed by atoms with Crippen LogP contribution in [-0.2, 0) is 11.0 Å². The minimum Gasteiger partial charge on any atom is -0.472 e. The maximum atomic E-state index is 7.47. The zero-order chi connectivity index (χ0) is 27.4. The Morgan fingerprint density at radius 1 is 0.659 bits per heavy atom. The molecule has 1 fully saturated rings. The van der Waals surface area contributed by atoms with Crippen molar-refractivity contribution >= 4 is 28.6 Å². The number of benzene rings is 5. The monoisotopic (exact) mass is 550 g/mol. The molecule has 2 heteroatoms. The Morgan fingerprint density at radius 2 is 1.32 bits per heavy atom. The van der Waals surface area contributed by atoms with Gasteiger partial charge in [0.15, 0.2) is 5.60 Å². The molecule has 8 rings (SSSR count). The molecule has 1 spiro atoms. The van der Waals surface area contributed by atoms with Crippen molar-refractivity contribution in [2.75, 3.05) is 6.26 Å². The summed E-state index contributed by atoms with van der Waals surface area (Å²) in [6.07, 6.45) is 14.5. The van der Waals surface area contributed by atoms with E-state index < -0.39 is 5.60 Å². The van der Waals surface area contributed by atoms with Crippen LogP contribution in [0.2, 0.25) is 0 Å². The standard InChI is InChI=1S/C39H34OS/c1-41-29-21-19-28(20-22-29)39(27-13-5-4-6-14-27)26-23-33-36-35(30-15-7-8-16-31(30)37(33)40-39)32-17-9-10-18-34(32)38(36)24-11-2-3-12-25-38/h4-10,13-23,26H,2-3,11-12,24-25H2,1H3. The lowest BCUT2D eigenvalue weighted by atomic mass is 9.70. The average molecular weight is 551 g/mol. The van der Waals surface area contributed by atoms with Gasteiger partial charge in [-0.3, -0.25) is 0 Å². The number of thioether (sulfide) groups is 1. The van der Waals surface area contributed by atoms with Crippen molar-refractivity contribution in [3.8, 4) is 16.9 Å². The Morgan fingerprint density at radius 3 is 2.07 bits per heavy atom. The summed E-state index contributed by atoms with van der Waals surface area (Å²) in [5, 5.41) is 2.51. The second-order valence-corrected chi connectivity index (χ2v) is 12.7. The lowest BCUT2D eigenvalue weighted by Crippen LogP contribution is -2.35. The summed E-state index contributed by atoms with van der Waals surface area (Å²) >= 11 is 1.77. The van der Waals surface area contributed by atoms with E-state index in [1.807, 2.05) is 0 Å². The molecule has 41 heavy (non-hydrogen) atoms. The van der Waals surface area contributed by atoms with E-state index in [0.29, 0.717) is 0 Å². The van der Waals surface area contributed by atoms with Crippen molar-refractivity contribution in [2.45, 2.75) is 54.4 Å². The van der Waals surface area contributed by atoms with Gasteiger partial charge in [-0.25, -0.2) is 0 Å². The highest BCUT2D eigenvalue weighted by Crippen LogP contribution is 2.61. The largest absolute Gasteiger partial charge is 0.472 e. The van der Waals surface area contributed by atoms with Gasteiger partial charge in [-0.05, 0) is 64.9 Å². The molecule has 0 amide bonds. The second kappa shape index (κ2) is 9.67. The van der Waals surface area contributed by atoms with Gasteiger partial charge in [0.2, 0.25) is 0 Å². The van der Waals surface area contributed by atoms with Crippen LogP contribution in [0.15, 0.2) is 114 Å². The molecule has 0 bridgehead atoms. The third-order valence-electron chi connectivity index (χ3n) is 9.82. The third kappa shape index (κ3) is 3.63. The SMILES string of the molecule is CSc1ccc(C2(c3ccccc3)C=Cc3c4c(c5ccccc5c3O2)-c2ccccc2C42CCCCCC2)cc1. The lowest BCUT2D eigenvalue weighted by Gasteiger charge is -2.39. The highest BCUT2D eigenvalue weighted by molar-refractivity contribution is 7.98. The van der Waals surface area contributed by atoms with Crippen molar-refractivity contribution in [1.82, 2.24) is 0 Å². The molecular weight excluding hydrogens is 516 g/mol. The quantitative estimate of drug-likeness (QED) is 0.207. The van der Waals surface area contributed by atoms with Gasteiger partial charge in [-0.15, -0.1) is 11.8 Å². The van der Waals surface area contributed by atoms with Gasteiger partial charge in [0.25, 0.3) is 0 Å². The molecule has 0 aromatic heterocycles. The van der Waals surface area contributed by atoms with E-state index in [2.05, 4.69) is 122 Å². The Hall–Kier alpha value is -3.75. The Labute approximate surface area is 247 Å². The minimum atomic E-state index is -0.704. The molecule has 1 nitrogen and oxygen atoms in total. The van der Waals surface area contributed by atoms with Gasteiger partial charge < -0.3 is 4.74 Å². The molecular formula is C39H34OS. The summed E-state index contributed by atoms with van der Waals surface area (Å²) in [6.45, 7) is 0. The zero-order valence-corrected chi connectivity index (χ0v) is 24.3. The molecule has 3 aliphatic rings. The summed E-state index contributed by atoms with van der Waals surface area (Å²) in [6, 6.07) is 37.8. The van der Waals surface area contributed by atoms with Crippen LogP contribution in [0.25, 0.3) is 28.0 Å². The van der Waals surface area contributed by atoms with Crippen LogP contribution in [0.5, 0.6) is 5.75 Å². The zero-order valence-electron chi connectivity index (χ0n) is 23.5. The summed E-state index contributed by atoms with van der Waals surface area (Å²) in [7, 11) is 0. The highest BCUT2D eigenvalue weighted by Gasteiger charge is 2.48. The van der Waals surface area contributed by atoms with Crippen molar-refractivity contribution in [3.05, 3.63) is 137 Å². The van der Waals surface area contributed by atoms with E-state index in [1.165, 1.54) is 82.0 Å². The predicted octanol–water partition coefficient (Wildman–Crippen LogP) is 10.5. The first-order valence-electron chi connectivity index (χ1n) is 15.0. The normalized spacial score (nSPS) is 20.2. The maximum Gasteiger partial charge on any atom is 0.178 e. The molecule has 5 aromatic carbocycles. The molecule has 2 aliphatic carbocycles. The smallest absolute Gasteiger partial charge is 0.178 e. The van der Waals surface area contributed by atoms with Crippen LogP contribution in [0.4, 0.5) is 0 Å². The topological polar surface area (TPSA) is 9.23 Å². The Kier molecular flexibility index (Phi) is 5.90. The average Bonchev–Trinajstić information content (AvgIpc) is 3.15. The molecule has 0 radical (unpaired) electrons. The van der Waals surface area contributed by atoms with E-state index in [1.54, 1.807) is 11.8 Å². The van der Waals surface area contributed by atoms with Crippen molar-refractivity contribution in [3.63, 3.8) is 0 Å². The van der Waals surface area contributed by atoms with Crippen LogP contribution >= 0.6 is 11.8 Å². The lowest BCUT2D eigenvalue weighted by molar-refractivity contribution is 0.163. The van der Waals surface area contributed by atoms with Gasteiger partial charge in [-0.1, -0.05) is 123 Å². The molecule has 1 saturated carbocycles. The first-order chi connectivity index (χ1) is 20.2. The summed E-state index contributed by atoms with van der Waals surface area (Å²) < 4.78 is 7.47. The van der Waals surface area contributed by atoms with Crippen LogP contribution in [-0.4, -0.2) is 6.26 Å². The summed E-state index contributed by atoms with van der Waals surface area (Å²) in [5.74, 6) is 1.02. The molecule has 5 aromatic rings. The van der Waals surface area contributed by atoms with E-state index in [4.69, 9.17) is 4.74 Å².